The van der Waals surface area contributed by atoms with Gasteiger partial charge in [0.2, 0.25) is 15.9 Å². The number of carbonyl (C=O) groups is 1. The molecule has 0 radical (unpaired) electrons. The predicted octanol–water partition coefficient (Wildman–Crippen LogP) is 4.21. The first-order chi connectivity index (χ1) is 14.3. The van der Waals surface area contributed by atoms with Crippen LogP contribution in [0.4, 0.5) is 5.69 Å². The van der Waals surface area contributed by atoms with Gasteiger partial charge in [0.1, 0.15) is 12.3 Å². The lowest BCUT2D eigenvalue weighted by molar-refractivity contribution is -0.119. The van der Waals surface area contributed by atoms with E-state index in [1.165, 1.54) is 0 Å². The molecule has 6 nitrogen and oxygen atoms in total. The van der Waals surface area contributed by atoms with E-state index in [1.54, 1.807) is 54.6 Å². The Bertz CT molecular complexity index is 1120. The Hall–Kier alpha value is -3.03. The van der Waals surface area contributed by atoms with Crippen LogP contribution >= 0.6 is 11.6 Å². The minimum Gasteiger partial charge on any atom is -0.455 e. The quantitative estimate of drug-likeness (QED) is 0.564. The van der Waals surface area contributed by atoms with Crippen LogP contribution in [0.1, 0.15) is 5.56 Å². The van der Waals surface area contributed by atoms with Gasteiger partial charge in [0.05, 0.1) is 11.9 Å². The van der Waals surface area contributed by atoms with E-state index < -0.39 is 22.5 Å². The molecule has 8 heteroatoms. The zero-order chi connectivity index (χ0) is 21.6. The number of para-hydroxylation sites is 3. The summed E-state index contributed by atoms with van der Waals surface area (Å²) >= 11 is 6.11. The molecule has 30 heavy (non-hydrogen) atoms. The molecule has 0 unspecified atom stereocenters. The van der Waals surface area contributed by atoms with Gasteiger partial charge in [0, 0.05) is 11.6 Å². The molecule has 0 aliphatic heterocycles. The van der Waals surface area contributed by atoms with Gasteiger partial charge in [0.25, 0.3) is 0 Å². The van der Waals surface area contributed by atoms with Crippen LogP contribution in [0.15, 0.2) is 78.9 Å². The van der Waals surface area contributed by atoms with Gasteiger partial charge >= 0.3 is 0 Å². The lowest BCUT2D eigenvalue weighted by Crippen LogP contribution is -2.40. The number of ether oxygens (including phenoxy) is 1. The fraction of sp³-hybridized carbons (Fsp3) is 0.136. The number of sulfonamides is 1. The molecular formula is C22H21ClN2O4S. The van der Waals surface area contributed by atoms with E-state index in [0.29, 0.717) is 16.5 Å². The lowest BCUT2D eigenvalue weighted by atomic mass is 10.2. The molecule has 0 spiro atoms. The summed E-state index contributed by atoms with van der Waals surface area (Å²) in [7, 11) is -3.75. The Kier molecular flexibility index (Phi) is 6.97. The maximum Gasteiger partial charge on any atom is 0.241 e. The zero-order valence-electron chi connectivity index (χ0n) is 16.3. The van der Waals surface area contributed by atoms with Crippen molar-refractivity contribution in [1.29, 1.82) is 0 Å². The summed E-state index contributed by atoms with van der Waals surface area (Å²) < 4.78 is 31.8. The van der Waals surface area contributed by atoms with E-state index in [-0.39, 0.29) is 12.2 Å². The van der Waals surface area contributed by atoms with Crippen molar-refractivity contribution in [2.75, 3.05) is 17.1 Å². The van der Waals surface area contributed by atoms with Crippen LogP contribution in [0, 0.1) is 0 Å². The van der Waals surface area contributed by atoms with Crippen molar-refractivity contribution in [3.05, 3.63) is 89.4 Å². The molecule has 0 saturated heterocycles. The van der Waals surface area contributed by atoms with E-state index in [2.05, 4.69) is 5.32 Å². The number of benzene rings is 3. The molecule has 3 rings (SSSR count). The lowest BCUT2D eigenvalue weighted by Gasteiger charge is -2.24. The Labute approximate surface area is 181 Å². The third-order valence-electron chi connectivity index (χ3n) is 4.23. The first kappa shape index (κ1) is 21.7. The molecule has 0 bridgehead atoms. The van der Waals surface area contributed by atoms with Gasteiger partial charge in [-0.05, 0) is 35.9 Å². The van der Waals surface area contributed by atoms with Crippen molar-refractivity contribution in [3.8, 4) is 11.5 Å². The third kappa shape index (κ3) is 5.75. The van der Waals surface area contributed by atoms with Crippen LogP contribution in [0.5, 0.6) is 11.5 Å². The summed E-state index contributed by atoms with van der Waals surface area (Å²) in [4.78, 5) is 12.5. The number of rotatable bonds is 8. The smallest absolute Gasteiger partial charge is 0.241 e. The van der Waals surface area contributed by atoms with E-state index >= 15 is 0 Å². The fourth-order valence-corrected chi connectivity index (χ4v) is 3.83. The summed E-state index contributed by atoms with van der Waals surface area (Å²) in [5.41, 5.74) is 1.02. The average molecular weight is 445 g/mol. The molecule has 0 saturated carbocycles. The van der Waals surface area contributed by atoms with Crippen molar-refractivity contribution in [2.24, 2.45) is 0 Å². The number of nitrogens with zero attached hydrogens (tertiary/aromatic N) is 1. The fourth-order valence-electron chi connectivity index (χ4n) is 2.77. The predicted molar refractivity (Wildman–Crippen MR) is 118 cm³/mol. The summed E-state index contributed by atoms with van der Waals surface area (Å²) in [5, 5.41) is 3.24. The molecule has 1 amide bonds. The highest BCUT2D eigenvalue weighted by atomic mass is 35.5. The molecule has 1 N–H and O–H groups in total. The first-order valence-electron chi connectivity index (χ1n) is 9.14. The number of nitrogens with one attached hydrogen (secondary N) is 1. The highest BCUT2D eigenvalue weighted by Gasteiger charge is 2.24. The van der Waals surface area contributed by atoms with Crippen LogP contribution in [0.3, 0.4) is 0 Å². The zero-order valence-corrected chi connectivity index (χ0v) is 17.9. The van der Waals surface area contributed by atoms with Crippen LogP contribution in [-0.4, -0.2) is 27.1 Å². The number of anilines is 1. The minimum absolute atomic E-state index is 0.193. The van der Waals surface area contributed by atoms with Crippen molar-refractivity contribution in [3.63, 3.8) is 0 Å². The second-order valence-electron chi connectivity index (χ2n) is 6.52. The van der Waals surface area contributed by atoms with Gasteiger partial charge in [-0.1, -0.05) is 60.1 Å². The summed E-state index contributed by atoms with van der Waals surface area (Å²) in [5.74, 6) is 0.421. The number of halogens is 1. The highest BCUT2D eigenvalue weighted by molar-refractivity contribution is 7.92. The number of amides is 1. The molecule has 3 aromatic carbocycles. The van der Waals surface area contributed by atoms with Gasteiger partial charge in [-0.25, -0.2) is 8.42 Å². The van der Waals surface area contributed by atoms with E-state index in [0.717, 1.165) is 16.1 Å². The standard InChI is InChI=1S/C22H21ClN2O4S/c1-30(27,28)25(16-22(26)24-15-17-9-5-6-12-19(17)23)20-13-7-8-14-21(20)29-18-10-3-2-4-11-18/h2-14H,15-16H2,1H3,(H,24,26). The third-order valence-corrected chi connectivity index (χ3v) is 5.72. The number of carbonyl (C=O) groups excluding carboxylic acids is 1. The minimum atomic E-state index is -3.75. The van der Waals surface area contributed by atoms with Crippen molar-refractivity contribution in [2.45, 2.75) is 6.54 Å². The van der Waals surface area contributed by atoms with Gasteiger partial charge < -0.3 is 10.1 Å². The Morgan fingerprint density at radius 2 is 1.60 bits per heavy atom. The maximum atomic E-state index is 12.5. The molecule has 0 fully saturated rings. The Balaban J connectivity index is 1.80. The van der Waals surface area contributed by atoms with Crippen LogP contribution < -0.4 is 14.4 Å². The van der Waals surface area contributed by atoms with E-state index in [4.69, 9.17) is 16.3 Å². The summed E-state index contributed by atoms with van der Waals surface area (Å²) in [6.45, 7) is -0.198. The number of hydrogen-bond donors (Lipinski definition) is 1. The van der Waals surface area contributed by atoms with E-state index in [9.17, 15) is 13.2 Å². The van der Waals surface area contributed by atoms with Crippen molar-refractivity contribution in [1.82, 2.24) is 5.32 Å². The van der Waals surface area contributed by atoms with Crippen molar-refractivity contribution < 1.29 is 17.9 Å². The Morgan fingerprint density at radius 1 is 0.967 bits per heavy atom. The molecule has 0 aliphatic rings. The molecule has 3 aromatic rings. The first-order valence-corrected chi connectivity index (χ1v) is 11.4. The molecule has 0 aromatic heterocycles. The normalized spacial score (nSPS) is 11.0. The topological polar surface area (TPSA) is 75.7 Å². The van der Waals surface area contributed by atoms with Crippen LogP contribution in [-0.2, 0) is 21.4 Å². The Morgan fingerprint density at radius 3 is 2.30 bits per heavy atom. The molecular weight excluding hydrogens is 424 g/mol. The monoisotopic (exact) mass is 444 g/mol. The molecule has 0 heterocycles. The molecule has 0 aliphatic carbocycles. The van der Waals surface area contributed by atoms with Gasteiger partial charge in [-0.2, -0.15) is 0 Å². The molecule has 156 valence electrons. The highest BCUT2D eigenvalue weighted by Crippen LogP contribution is 2.33. The van der Waals surface area contributed by atoms with E-state index in [1.807, 2.05) is 24.3 Å². The van der Waals surface area contributed by atoms with Crippen molar-refractivity contribution >= 4 is 33.2 Å². The van der Waals surface area contributed by atoms with Crippen LogP contribution in [0.2, 0.25) is 5.02 Å². The second kappa shape index (κ2) is 9.65. The van der Waals surface area contributed by atoms with Crippen LogP contribution in [0.25, 0.3) is 0 Å². The SMILES string of the molecule is CS(=O)(=O)N(CC(=O)NCc1ccccc1Cl)c1ccccc1Oc1ccccc1. The second-order valence-corrected chi connectivity index (χ2v) is 8.83. The average Bonchev–Trinajstić information content (AvgIpc) is 2.72. The number of hydrogen-bond acceptors (Lipinski definition) is 4. The van der Waals surface area contributed by atoms with Gasteiger partial charge in [0.15, 0.2) is 5.75 Å². The summed E-state index contributed by atoms with van der Waals surface area (Å²) in [6.07, 6.45) is 1.05. The summed E-state index contributed by atoms with van der Waals surface area (Å²) in [6, 6.07) is 22.8. The largest absolute Gasteiger partial charge is 0.455 e. The maximum absolute atomic E-state index is 12.5. The van der Waals surface area contributed by atoms with Gasteiger partial charge in [-0.15, -0.1) is 0 Å². The molecule has 0 atom stereocenters. The van der Waals surface area contributed by atoms with Gasteiger partial charge in [-0.3, -0.25) is 9.10 Å².